The van der Waals surface area contributed by atoms with Gasteiger partial charge in [0.1, 0.15) is 0 Å². The zero-order chi connectivity index (χ0) is 21.9. The standard InChI is InChI=1S/C15H13NO3.C8H9NO2/c1-19-15(18)12-7-9-13(10-8-12)16-14(17)11-5-3-2-4-6-11;1-11-8(10)6-2-4-7(9)5-3-6/h2-10H,1H3,(H,16,17);2-5H,9H2,1H3. The fourth-order valence-electron chi connectivity index (χ4n) is 2.34. The molecule has 7 nitrogen and oxygen atoms in total. The van der Waals surface area contributed by atoms with E-state index in [0.717, 1.165) is 0 Å². The number of anilines is 2. The molecule has 3 rings (SSSR count). The lowest BCUT2D eigenvalue weighted by Gasteiger charge is -2.06. The minimum Gasteiger partial charge on any atom is -0.465 e. The van der Waals surface area contributed by atoms with Gasteiger partial charge < -0.3 is 20.5 Å². The van der Waals surface area contributed by atoms with E-state index in [-0.39, 0.29) is 11.9 Å². The second kappa shape index (κ2) is 11.0. The molecule has 30 heavy (non-hydrogen) atoms. The molecule has 154 valence electrons. The summed E-state index contributed by atoms with van der Waals surface area (Å²) in [6.07, 6.45) is 0. The summed E-state index contributed by atoms with van der Waals surface area (Å²) in [5.74, 6) is -0.933. The molecule has 0 saturated heterocycles. The average Bonchev–Trinajstić information content (AvgIpc) is 2.80. The van der Waals surface area contributed by atoms with Crippen LogP contribution in [0.3, 0.4) is 0 Å². The van der Waals surface area contributed by atoms with Crippen molar-refractivity contribution < 1.29 is 23.9 Å². The smallest absolute Gasteiger partial charge is 0.337 e. The molecule has 0 fully saturated rings. The van der Waals surface area contributed by atoms with Gasteiger partial charge in [-0.2, -0.15) is 0 Å². The monoisotopic (exact) mass is 406 g/mol. The number of methoxy groups -OCH3 is 2. The van der Waals surface area contributed by atoms with E-state index in [1.165, 1.54) is 14.2 Å². The first-order chi connectivity index (χ1) is 14.4. The van der Waals surface area contributed by atoms with E-state index in [2.05, 4.69) is 14.8 Å². The van der Waals surface area contributed by atoms with Crippen molar-refractivity contribution in [1.29, 1.82) is 0 Å². The average molecular weight is 406 g/mol. The Bertz CT molecular complexity index is 984. The molecule has 0 radical (unpaired) electrons. The molecule has 0 aliphatic heterocycles. The molecule has 0 heterocycles. The zero-order valence-corrected chi connectivity index (χ0v) is 16.6. The van der Waals surface area contributed by atoms with Crippen molar-refractivity contribution in [3.05, 3.63) is 95.6 Å². The molecule has 0 unspecified atom stereocenters. The first-order valence-corrected chi connectivity index (χ1v) is 8.93. The van der Waals surface area contributed by atoms with Crippen LogP contribution in [0.5, 0.6) is 0 Å². The lowest BCUT2D eigenvalue weighted by molar-refractivity contribution is 0.0592. The van der Waals surface area contributed by atoms with Crippen LogP contribution in [0.25, 0.3) is 0 Å². The highest BCUT2D eigenvalue weighted by Gasteiger charge is 2.07. The molecule has 3 N–H and O–H groups in total. The normalized spacial score (nSPS) is 9.53. The number of hydrogen-bond donors (Lipinski definition) is 2. The summed E-state index contributed by atoms with van der Waals surface area (Å²) >= 11 is 0. The van der Waals surface area contributed by atoms with Crippen LogP contribution in [0, 0.1) is 0 Å². The van der Waals surface area contributed by atoms with E-state index in [9.17, 15) is 14.4 Å². The Morgan fingerprint density at radius 3 is 1.60 bits per heavy atom. The van der Waals surface area contributed by atoms with Crippen LogP contribution in [0.2, 0.25) is 0 Å². The molecular formula is C23H22N2O5. The number of hydrogen-bond acceptors (Lipinski definition) is 6. The molecule has 0 bridgehead atoms. The van der Waals surface area contributed by atoms with Gasteiger partial charge in [-0.15, -0.1) is 0 Å². The van der Waals surface area contributed by atoms with E-state index >= 15 is 0 Å². The van der Waals surface area contributed by atoms with Crippen molar-refractivity contribution in [2.45, 2.75) is 0 Å². The number of carbonyl (C=O) groups excluding carboxylic acids is 3. The lowest BCUT2D eigenvalue weighted by atomic mass is 10.2. The molecule has 0 aliphatic carbocycles. The third-order valence-corrected chi connectivity index (χ3v) is 3.93. The maximum absolute atomic E-state index is 11.9. The summed E-state index contributed by atoms with van der Waals surface area (Å²) in [4.78, 5) is 34.0. The van der Waals surface area contributed by atoms with Gasteiger partial charge in [0, 0.05) is 16.9 Å². The van der Waals surface area contributed by atoms with Gasteiger partial charge in [-0.25, -0.2) is 9.59 Å². The van der Waals surface area contributed by atoms with E-state index in [1.54, 1.807) is 72.8 Å². The molecular weight excluding hydrogens is 384 g/mol. The van der Waals surface area contributed by atoms with Gasteiger partial charge in [0.05, 0.1) is 25.3 Å². The molecule has 1 amide bonds. The third-order valence-electron chi connectivity index (χ3n) is 3.93. The van der Waals surface area contributed by atoms with Gasteiger partial charge >= 0.3 is 11.9 Å². The number of ether oxygens (including phenoxy) is 2. The first kappa shape index (κ1) is 22.2. The Kier molecular flexibility index (Phi) is 8.14. The Labute approximate surface area is 174 Å². The minimum atomic E-state index is -0.402. The first-order valence-electron chi connectivity index (χ1n) is 8.93. The summed E-state index contributed by atoms with van der Waals surface area (Å²) in [6, 6.07) is 22.0. The Morgan fingerprint density at radius 1 is 0.667 bits per heavy atom. The lowest BCUT2D eigenvalue weighted by Crippen LogP contribution is -2.11. The van der Waals surface area contributed by atoms with Crippen molar-refractivity contribution in [1.82, 2.24) is 0 Å². The summed E-state index contributed by atoms with van der Waals surface area (Å²) < 4.78 is 9.10. The van der Waals surface area contributed by atoms with Crippen LogP contribution in [-0.2, 0) is 9.47 Å². The van der Waals surface area contributed by atoms with E-state index in [0.29, 0.717) is 28.1 Å². The molecule has 7 heteroatoms. The van der Waals surface area contributed by atoms with Crippen molar-refractivity contribution in [3.8, 4) is 0 Å². The van der Waals surface area contributed by atoms with Crippen molar-refractivity contribution in [2.75, 3.05) is 25.3 Å². The molecule has 0 aliphatic rings. The highest BCUT2D eigenvalue weighted by Crippen LogP contribution is 2.12. The quantitative estimate of drug-likeness (QED) is 0.504. The van der Waals surface area contributed by atoms with E-state index < -0.39 is 5.97 Å². The summed E-state index contributed by atoms with van der Waals surface area (Å²) in [5, 5.41) is 2.75. The number of rotatable bonds is 4. The van der Waals surface area contributed by atoms with Gasteiger partial charge in [0.25, 0.3) is 5.91 Å². The molecule has 0 aromatic heterocycles. The van der Waals surface area contributed by atoms with Crippen LogP contribution in [0.15, 0.2) is 78.9 Å². The minimum absolute atomic E-state index is 0.189. The topological polar surface area (TPSA) is 108 Å². The Balaban J connectivity index is 0.000000248. The number of nitrogens with one attached hydrogen (secondary N) is 1. The highest BCUT2D eigenvalue weighted by molar-refractivity contribution is 6.04. The van der Waals surface area contributed by atoms with Crippen LogP contribution >= 0.6 is 0 Å². The fourth-order valence-corrected chi connectivity index (χ4v) is 2.34. The van der Waals surface area contributed by atoms with E-state index in [4.69, 9.17) is 5.73 Å². The maximum atomic E-state index is 11.9. The number of carbonyl (C=O) groups is 3. The van der Waals surface area contributed by atoms with Crippen LogP contribution in [-0.4, -0.2) is 32.1 Å². The van der Waals surface area contributed by atoms with E-state index in [1.807, 2.05) is 6.07 Å². The number of nitrogen functional groups attached to an aromatic ring is 1. The number of benzene rings is 3. The summed E-state index contributed by atoms with van der Waals surface area (Å²) in [5.41, 5.74) is 8.22. The summed E-state index contributed by atoms with van der Waals surface area (Å²) in [6.45, 7) is 0. The molecule has 0 spiro atoms. The highest BCUT2D eigenvalue weighted by atomic mass is 16.5. The van der Waals surface area contributed by atoms with Crippen molar-refractivity contribution in [2.24, 2.45) is 0 Å². The van der Waals surface area contributed by atoms with Gasteiger partial charge in [0.2, 0.25) is 0 Å². The summed E-state index contributed by atoms with van der Waals surface area (Å²) in [7, 11) is 2.67. The van der Waals surface area contributed by atoms with Crippen LogP contribution in [0.4, 0.5) is 11.4 Å². The SMILES string of the molecule is COC(=O)c1ccc(N)cc1.COC(=O)c1ccc(NC(=O)c2ccccc2)cc1. The van der Waals surface area contributed by atoms with Crippen LogP contribution in [0.1, 0.15) is 31.1 Å². The maximum Gasteiger partial charge on any atom is 0.337 e. The number of nitrogens with two attached hydrogens (primary N) is 1. The fraction of sp³-hybridized carbons (Fsp3) is 0.0870. The third kappa shape index (κ3) is 6.49. The van der Waals surface area contributed by atoms with Crippen molar-refractivity contribution >= 4 is 29.2 Å². The van der Waals surface area contributed by atoms with Crippen molar-refractivity contribution in [3.63, 3.8) is 0 Å². The Morgan fingerprint density at radius 2 is 1.13 bits per heavy atom. The van der Waals surface area contributed by atoms with Crippen LogP contribution < -0.4 is 11.1 Å². The molecule has 0 atom stereocenters. The Hall–Kier alpha value is -4.13. The predicted molar refractivity (Wildman–Crippen MR) is 114 cm³/mol. The zero-order valence-electron chi connectivity index (χ0n) is 16.6. The number of amides is 1. The largest absolute Gasteiger partial charge is 0.465 e. The van der Waals surface area contributed by atoms with Gasteiger partial charge in [-0.3, -0.25) is 4.79 Å². The molecule has 3 aromatic rings. The molecule has 0 saturated carbocycles. The molecule has 3 aromatic carbocycles. The van der Waals surface area contributed by atoms with Gasteiger partial charge in [0.15, 0.2) is 0 Å². The second-order valence-electron chi connectivity index (χ2n) is 6.00. The van der Waals surface area contributed by atoms with Gasteiger partial charge in [-0.05, 0) is 60.7 Å². The second-order valence-corrected chi connectivity index (χ2v) is 6.00. The predicted octanol–water partition coefficient (Wildman–Crippen LogP) is 3.78. The number of esters is 2. The van der Waals surface area contributed by atoms with Gasteiger partial charge in [-0.1, -0.05) is 18.2 Å².